The van der Waals surface area contributed by atoms with E-state index in [-0.39, 0.29) is 5.91 Å². The van der Waals surface area contributed by atoms with E-state index in [2.05, 4.69) is 10.2 Å². The molecule has 0 radical (unpaired) electrons. The number of nitrogens with one attached hydrogen (secondary N) is 1. The van der Waals surface area contributed by atoms with Crippen molar-refractivity contribution in [3.63, 3.8) is 0 Å². The second kappa shape index (κ2) is 8.26. The van der Waals surface area contributed by atoms with Gasteiger partial charge in [0.2, 0.25) is 5.91 Å². The molecular weight excluding hydrogens is 306 g/mol. The fourth-order valence-electron chi connectivity index (χ4n) is 3.10. The first kappa shape index (κ1) is 18.4. The highest BCUT2D eigenvalue weighted by molar-refractivity contribution is 5.93. The van der Waals surface area contributed by atoms with Gasteiger partial charge in [-0.05, 0) is 37.5 Å². The number of nitrogens with zero attached hydrogens (tertiary/aromatic N) is 2. The van der Waals surface area contributed by atoms with Crippen molar-refractivity contribution in [2.75, 3.05) is 38.0 Å². The number of rotatable bonds is 6. The van der Waals surface area contributed by atoms with E-state index in [9.17, 15) is 14.7 Å². The van der Waals surface area contributed by atoms with Gasteiger partial charge < -0.3 is 10.4 Å². The lowest BCUT2D eigenvalue weighted by Gasteiger charge is -2.37. The first-order valence-electron chi connectivity index (χ1n) is 8.47. The molecule has 2 N–H and O–H groups in total. The molecule has 1 aromatic carbocycles. The largest absolute Gasteiger partial charge is 0.480 e. The van der Waals surface area contributed by atoms with Gasteiger partial charge in [0.05, 0.1) is 6.54 Å². The Kier molecular flexibility index (Phi) is 6.34. The van der Waals surface area contributed by atoms with Crippen LogP contribution in [0.1, 0.15) is 24.5 Å². The average molecular weight is 333 g/mol. The second-order valence-corrected chi connectivity index (χ2v) is 6.37. The molecule has 132 valence electrons. The molecule has 2 rings (SSSR count). The molecule has 6 nitrogen and oxygen atoms in total. The molecule has 1 unspecified atom stereocenters. The molecule has 1 aliphatic heterocycles. The van der Waals surface area contributed by atoms with Crippen molar-refractivity contribution in [3.8, 4) is 0 Å². The molecule has 1 fully saturated rings. The zero-order valence-electron chi connectivity index (χ0n) is 14.7. The van der Waals surface area contributed by atoms with Crippen LogP contribution in [0.15, 0.2) is 18.2 Å². The van der Waals surface area contributed by atoms with E-state index in [1.165, 1.54) is 0 Å². The van der Waals surface area contributed by atoms with Gasteiger partial charge in [-0.25, -0.2) is 0 Å². The van der Waals surface area contributed by atoms with Crippen molar-refractivity contribution in [1.29, 1.82) is 0 Å². The Balaban J connectivity index is 1.84. The molecule has 1 aliphatic rings. The van der Waals surface area contributed by atoms with Crippen LogP contribution in [-0.2, 0) is 9.59 Å². The summed E-state index contributed by atoms with van der Waals surface area (Å²) in [6, 6.07) is 5.46. The highest BCUT2D eigenvalue weighted by atomic mass is 16.4. The molecule has 0 aromatic heterocycles. The number of piperazine rings is 1. The molecule has 0 aliphatic carbocycles. The third-order valence-electron chi connectivity index (χ3n) is 4.77. The Morgan fingerprint density at radius 3 is 2.46 bits per heavy atom. The molecule has 1 amide bonds. The molecule has 0 saturated carbocycles. The number of benzene rings is 1. The molecule has 24 heavy (non-hydrogen) atoms. The van der Waals surface area contributed by atoms with Crippen LogP contribution in [-0.4, -0.2) is 65.5 Å². The first-order valence-corrected chi connectivity index (χ1v) is 8.47. The van der Waals surface area contributed by atoms with Crippen LogP contribution in [0.2, 0.25) is 0 Å². The van der Waals surface area contributed by atoms with E-state index in [0.29, 0.717) is 39.1 Å². The summed E-state index contributed by atoms with van der Waals surface area (Å²) < 4.78 is 0. The molecular formula is C18H27N3O3. The molecule has 6 heteroatoms. The Morgan fingerprint density at radius 1 is 1.21 bits per heavy atom. The molecule has 0 bridgehead atoms. The number of carbonyl (C=O) groups excluding carboxylic acids is 1. The predicted octanol–water partition coefficient (Wildman–Crippen LogP) is 1.72. The summed E-state index contributed by atoms with van der Waals surface area (Å²) in [5.74, 6) is -0.791. The van der Waals surface area contributed by atoms with Gasteiger partial charge >= 0.3 is 5.97 Å². The summed E-state index contributed by atoms with van der Waals surface area (Å²) in [6.45, 7) is 9.04. The topological polar surface area (TPSA) is 72.9 Å². The summed E-state index contributed by atoms with van der Waals surface area (Å²) in [6.07, 6.45) is 0.600. The maximum atomic E-state index is 12.3. The molecule has 1 atom stereocenters. The fourth-order valence-corrected chi connectivity index (χ4v) is 3.10. The van der Waals surface area contributed by atoms with E-state index in [0.717, 1.165) is 16.8 Å². The Hall–Kier alpha value is -1.92. The predicted molar refractivity (Wildman–Crippen MR) is 94.3 cm³/mol. The zero-order chi connectivity index (χ0) is 17.7. The number of anilines is 1. The highest BCUT2D eigenvalue weighted by Crippen LogP contribution is 2.18. The minimum atomic E-state index is -0.765. The van der Waals surface area contributed by atoms with Crippen molar-refractivity contribution in [1.82, 2.24) is 9.80 Å². The van der Waals surface area contributed by atoms with E-state index in [4.69, 9.17) is 0 Å². The van der Waals surface area contributed by atoms with Crippen LogP contribution < -0.4 is 5.32 Å². The number of hydrogen-bond donors (Lipinski definition) is 2. The van der Waals surface area contributed by atoms with E-state index in [1.807, 2.05) is 43.9 Å². The summed E-state index contributed by atoms with van der Waals surface area (Å²) in [4.78, 5) is 27.6. The summed E-state index contributed by atoms with van der Waals surface area (Å²) in [5, 5.41) is 12.2. The quantitative estimate of drug-likeness (QED) is 0.829. The number of carbonyl (C=O) groups is 2. The number of amides is 1. The van der Waals surface area contributed by atoms with Crippen LogP contribution >= 0.6 is 0 Å². The number of aryl methyl sites for hydroxylation is 1. The summed E-state index contributed by atoms with van der Waals surface area (Å²) in [5.41, 5.74) is 3.10. The van der Waals surface area contributed by atoms with Crippen LogP contribution in [0.5, 0.6) is 0 Å². The fraction of sp³-hybridized carbons (Fsp3) is 0.556. The minimum Gasteiger partial charge on any atom is -0.480 e. The SMILES string of the molecule is CCC(C(=O)O)N1CCN(CC(=O)Nc2cccc(C)c2C)CC1. The normalized spacial score (nSPS) is 17.5. The third-order valence-corrected chi connectivity index (χ3v) is 4.77. The lowest BCUT2D eigenvalue weighted by Crippen LogP contribution is -2.53. The zero-order valence-corrected chi connectivity index (χ0v) is 14.7. The first-order chi connectivity index (χ1) is 11.4. The summed E-state index contributed by atoms with van der Waals surface area (Å²) >= 11 is 0. The Morgan fingerprint density at radius 2 is 1.88 bits per heavy atom. The lowest BCUT2D eigenvalue weighted by molar-refractivity contribution is -0.144. The number of hydrogen-bond acceptors (Lipinski definition) is 4. The van der Waals surface area contributed by atoms with Gasteiger partial charge in [-0.15, -0.1) is 0 Å². The van der Waals surface area contributed by atoms with Crippen molar-refractivity contribution < 1.29 is 14.7 Å². The molecule has 0 spiro atoms. The number of aliphatic carboxylic acids is 1. The van der Waals surface area contributed by atoms with Gasteiger partial charge in [-0.1, -0.05) is 19.1 Å². The van der Waals surface area contributed by atoms with Crippen LogP contribution in [0, 0.1) is 13.8 Å². The Bertz CT molecular complexity index is 595. The average Bonchev–Trinajstić information content (AvgIpc) is 2.54. The maximum absolute atomic E-state index is 12.3. The van der Waals surface area contributed by atoms with Crippen LogP contribution in [0.25, 0.3) is 0 Å². The van der Waals surface area contributed by atoms with E-state index >= 15 is 0 Å². The monoisotopic (exact) mass is 333 g/mol. The Labute approximate surface area is 143 Å². The highest BCUT2D eigenvalue weighted by Gasteiger charge is 2.27. The van der Waals surface area contributed by atoms with Crippen molar-refractivity contribution in [2.24, 2.45) is 0 Å². The van der Waals surface area contributed by atoms with Crippen molar-refractivity contribution in [3.05, 3.63) is 29.3 Å². The maximum Gasteiger partial charge on any atom is 0.320 e. The smallest absolute Gasteiger partial charge is 0.320 e. The van der Waals surface area contributed by atoms with Gasteiger partial charge in [-0.2, -0.15) is 0 Å². The molecule has 1 aromatic rings. The van der Waals surface area contributed by atoms with Crippen molar-refractivity contribution >= 4 is 17.6 Å². The van der Waals surface area contributed by atoms with Gasteiger partial charge in [0.15, 0.2) is 0 Å². The third kappa shape index (κ3) is 4.55. The van der Waals surface area contributed by atoms with E-state index in [1.54, 1.807) is 0 Å². The second-order valence-electron chi connectivity index (χ2n) is 6.37. The van der Waals surface area contributed by atoms with Gasteiger partial charge in [0.25, 0.3) is 0 Å². The van der Waals surface area contributed by atoms with Gasteiger partial charge in [0, 0.05) is 31.9 Å². The number of carboxylic acid groups (broad SMARTS) is 1. The summed E-state index contributed by atoms with van der Waals surface area (Å²) in [7, 11) is 0. The minimum absolute atomic E-state index is 0.0255. The van der Waals surface area contributed by atoms with Crippen molar-refractivity contribution in [2.45, 2.75) is 33.2 Å². The number of carboxylic acids is 1. The lowest BCUT2D eigenvalue weighted by atomic mass is 10.1. The molecule has 1 heterocycles. The standard InChI is InChI=1S/C18H27N3O3/c1-4-16(18(23)24)21-10-8-20(9-11-21)12-17(22)19-15-7-5-6-13(2)14(15)3/h5-7,16H,4,8-12H2,1-3H3,(H,19,22)(H,23,24). The van der Waals surface area contributed by atoms with Crippen LogP contribution in [0.3, 0.4) is 0 Å². The van der Waals surface area contributed by atoms with Crippen LogP contribution in [0.4, 0.5) is 5.69 Å². The van der Waals surface area contributed by atoms with Gasteiger partial charge in [-0.3, -0.25) is 19.4 Å². The van der Waals surface area contributed by atoms with E-state index < -0.39 is 12.0 Å². The molecule has 1 saturated heterocycles. The van der Waals surface area contributed by atoms with Gasteiger partial charge in [0.1, 0.15) is 6.04 Å².